The van der Waals surface area contributed by atoms with Crippen molar-refractivity contribution in [2.75, 3.05) is 23.3 Å². The van der Waals surface area contributed by atoms with Gasteiger partial charge in [-0.2, -0.15) is 4.98 Å². The molecule has 2 aromatic heterocycles. The Balaban J connectivity index is 2.38. The maximum absolute atomic E-state index is 5.86. The molecule has 112 valence electrons. The molecule has 7 heteroatoms. The first-order chi connectivity index (χ1) is 10.0. The molecule has 5 N–H and O–H groups in total. The Morgan fingerprint density at radius 3 is 2.57 bits per heavy atom. The SMILES string of the molecule is CCNc1cc(Oc2cnc(N)nc2N)c(C(C)C)cn1. The molecular formula is C14H20N6O. The van der Waals surface area contributed by atoms with Gasteiger partial charge in [-0.15, -0.1) is 0 Å². The van der Waals surface area contributed by atoms with E-state index in [2.05, 4.69) is 34.1 Å². The number of hydrogen-bond donors (Lipinski definition) is 3. The fourth-order valence-electron chi connectivity index (χ4n) is 1.84. The molecule has 0 saturated heterocycles. The van der Waals surface area contributed by atoms with E-state index >= 15 is 0 Å². The Labute approximate surface area is 123 Å². The van der Waals surface area contributed by atoms with Gasteiger partial charge in [-0.3, -0.25) is 0 Å². The van der Waals surface area contributed by atoms with Crippen molar-refractivity contribution in [3.63, 3.8) is 0 Å². The first kappa shape index (κ1) is 14.8. The Morgan fingerprint density at radius 1 is 1.19 bits per heavy atom. The number of hydrogen-bond acceptors (Lipinski definition) is 7. The molecule has 0 unspecified atom stereocenters. The fraction of sp³-hybridized carbons (Fsp3) is 0.357. The lowest BCUT2D eigenvalue weighted by molar-refractivity contribution is 0.470. The van der Waals surface area contributed by atoms with Gasteiger partial charge in [0.05, 0.1) is 6.20 Å². The highest BCUT2D eigenvalue weighted by Gasteiger charge is 2.13. The molecule has 0 bridgehead atoms. The summed E-state index contributed by atoms with van der Waals surface area (Å²) < 4.78 is 5.86. The van der Waals surface area contributed by atoms with E-state index in [0.29, 0.717) is 11.5 Å². The number of anilines is 3. The smallest absolute Gasteiger partial charge is 0.222 e. The van der Waals surface area contributed by atoms with Crippen LogP contribution in [0.1, 0.15) is 32.3 Å². The fourth-order valence-corrected chi connectivity index (χ4v) is 1.84. The minimum atomic E-state index is 0.118. The summed E-state index contributed by atoms with van der Waals surface area (Å²) in [5.41, 5.74) is 12.3. The summed E-state index contributed by atoms with van der Waals surface area (Å²) in [4.78, 5) is 12.1. The molecule has 0 aliphatic rings. The molecule has 0 amide bonds. The largest absolute Gasteiger partial charge is 0.451 e. The number of rotatable bonds is 5. The van der Waals surface area contributed by atoms with Crippen LogP contribution in [0.3, 0.4) is 0 Å². The number of nitrogens with two attached hydrogens (primary N) is 2. The second kappa shape index (κ2) is 6.25. The van der Waals surface area contributed by atoms with Crippen LogP contribution in [0, 0.1) is 0 Å². The molecule has 0 spiro atoms. The number of nitrogens with zero attached hydrogens (tertiary/aromatic N) is 3. The van der Waals surface area contributed by atoms with E-state index in [4.69, 9.17) is 16.2 Å². The Kier molecular flexibility index (Phi) is 4.42. The minimum Gasteiger partial charge on any atom is -0.451 e. The summed E-state index contributed by atoms with van der Waals surface area (Å²) in [6.45, 7) is 6.92. The second-order valence-electron chi connectivity index (χ2n) is 4.87. The van der Waals surface area contributed by atoms with Gasteiger partial charge in [-0.05, 0) is 12.8 Å². The van der Waals surface area contributed by atoms with Crippen molar-refractivity contribution < 1.29 is 4.74 Å². The van der Waals surface area contributed by atoms with Crippen LogP contribution in [0.5, 0.6) is 11.5 Å². The molecule has 0 aliphatic carbocycles. The lowest BCUT2D eigenvalue weighted by atomic mass is 10.0. The zero-order chi connectivity index (χ0) is 15.4. The highest BCUT2D eigenvalue weighted by Crippen LogP contribution is 2.33. The molecule has 2 heterocycles. The Hall–Kier alpha value is -2.57. The Bertz CT molecular complexity index is 629. The van der Waals surface area contributed by atoms with Crippen LogP contribution >= 0.6 is 0 Å². The van der Waals surface area contributed by atoms with Gasteiger partial charge in [0.1, 0.15) is 11.6 Å². The average Bonchev–Trinajstić information content (AvgIpc) is 2.42. The highest BCUT2D eigenvalue weighted by atomic mass is 16.5. The van der Waals surface area contributed by atoms with Crippen LogP contribution in [-0.4, -0.2) is 21.5 Å². The minimum absolute atomic E-state index is 0.118. The van der Waals surface area contributed by atoms with E-state index < -0.39 is 0 Å². The van der Waals surface area contributed by atoms with Gasteiger partial charge < -0.3 is 21.5 Å². The standard InChI is InChI=1S/C14H20N6O/c1-4-17-12-5-10(9(6-18-12)8(2)3)21-11-7-19-14(16)20-13(11)15/h5-8H,4H2,1-3H3,(H,17,18)(H4,15,16,19,20). The molecule has 2 rings (SSSR count). The molecule has 0 fully saturated rings. The third kappa shape index (κ3) is 3.50. The third-order valence-electron chi connectivity index (χ3n) is 2.90. The number of nitrogen functional groups attached to an aromatic ring is 2. The summed E-state index contributed by atoms with van der Waals surface area (Å²) in [6, 6.07) is 1.84. The summed E-state index contributed by atoms with van der Waals surface area (Å²) in [5, 5.41) is 3.15. The molecule has 0 aliphatic heterocycles. The predicted molar refractivity (Wildman–Crippen MR) is 83.4 cm³/mol. The first-order valence-corrected chi connectivity index (χ1v) is 6.81. The van der Waals surface area contributed by atoms with Crippen molar-refractivity contribution in [3.8, 4) is 11.5 Å². The number of aromatic nitrogens is 3. The van der Waals surface area contributed by atoms with Gasteiger partial charge >= 0.3 is 0 Å². The molecule has 0 atom stereocenters. The van der Waals surface area contributed by atoms with Crippen molar-refractivity contribution in [2.45, 2.75) is 26.7 Å². The molecule has 0 saturated carbocycles. The summed E-state index contributed by atoms with van der Waals surface area (Å²) >= 11 is 0. The molecule has 7 nitrogen and oxygen atoms in total. The third-order valence-corrected chi connectivity index (χ3v) is 2.90. The van der Waals surface area contributed by atoms with E-state index in [-0.39, 0.29) is 17.7 Å². The van der Waals surface area contributed by atoms with Crippen molar-refractivity contribution in [2.24, 2.45) is 0 Å². The van der Waals surface area contributed by atoms with E-state index in [1.54, 1.807) is 6.20 Å². The van der Waals surface area contributed by atoms with Crippen molar-refractivity contribution in [1.29, 1.82) is 0 Å². The van der Waals surface area contributed by atoms with Crippen LogP contribution in [0.2, 0.25) is 0 Å². The maximum Gasteiger partial charge on any atom is 0.222 e. The topological polar surface area (TPSA) is 112 Å². The zero-order valence-electron chi connectivity index (χ0n) is 12.4. The van der Waals surface area contributed by atoms with Crippen LogP contribution in [0.4, 0.5) is 17.6 Å². The van der Waals surface area contributed by atoms with Gasteiger partial charge in [-0.25, -0.2) is 9.97 Å². The normalized spacial score (nSPS) is 10.7. The predicted octanol–water partition coefficient (Wildman–Crippen LogP) is 2.38. The second-order valence-corrected chi connectivity index (χ2v) is 4.87. The summed E-state index contributed by atoms with van der Waals surface area (Å²) in [5.74, 6) is 2.38. The van der Waals surface area contributed by atoms with Crippen LogP contribution in [-0.2, 0) is 0 Å². The van der Waals surface area contributed by atoms with Gasteiger partial charge in [0.2, 0.25) is 5.95 Å². The molecule has 21 heavy (non-hydrogen) atoms. The zero-order valence-corrected chi connectivity index (χ0v) is 12.4. The lowest BCUT2D eigenvalue weighted by Gasteiger charge is -2.15. The molecule has 0 aromatic carbocycles. The molecule has 0 radical (unpaired) electrons. The van der Waals surface area contributed by atoms with Gasteiger partial charge in [0.15, 0.2) is 11.6 Å². The van der Waals surface area contributed by atoms with Crippen LogP contribution in [0.25, 0.3) is 0 Å². The average molecular weight is 288 g/mol. The van der Waals surface area contributed by atoms with Gasteiger partial charge in [-0.1, -0.05) is 13.8 Å². The molecule has 2 aromatic rings. The maximum atomic E-state index is 5.86. The van der Waals surface area contributed by atoms with Crippen molar-refractivity contribution in [1.82, 2.24) is 15.0 Å². The van der Waals surface area contributed by atoms with E-state index in [9.17, 15) is 0 Å². The number of pyridine rings is 1. The van der Waals surface area contributed by atoms with Crippen LogP contribution < -0.4 is 21.5 Å². The summed E-state index contributed by atoms with van der Waals surface area (Å²) in [6.07, 6.45) is 3.27. The van der Waals surface area contributed by atoms with Crippen molar-refractivity contribution >= 4 is 17.6 Å². The molecular weight excluding hydrogens is 268 g/mol. The highest BCUT2D eigenvalue weighted by molar-refractivity contribution is 5.52. The quantitative estimate of drug-likeness (QED) is 0.774. The lowest BCUT2D eigenvalue weighted by Crippen LogP contribution is -2.04. The van der Waals surface area contributed by atoms with Gasteiger partial charge in [0.25, 0.3) is 0 Å². The first-order valence-electron chi connectivity index (χ1n) is 6.81. The number of ether oxygens (including phenoxy) is 1. The van der Waals surface area contributed by atoms with Crippen LogP contribution in [0.15, 0.2) is 18.5 Å². The van der Waals surface area contributed by atoms with E-state index in [0.717, 1.165) is 17.9 Å². The van der Waals surface area contributed by atoms with Crippen molar-refractivity contribution in [3.05, 3.63) is 24.0 Å². The van der Waals surface area contributed by atoms with Gasteiger partial charge in [0, 0.05) is 24.4 Å². The Morgan fingerprint density at radius 2 is 1.95 bits per heavy atom. The monoisotopic (exact) mass is 288 g/mol. The van der Waals surface area contributed by atoms with E-state index in [1.807, 2.05) is 13.0 Å². The summed E-state index contributed by atoms with van der Waals surface area (Å²) in [7, 11) is 0. The number of nitrogens with one attached hydrogen (secondary N) is 1. The van der Waals surface area contributed by atoms with E-state index in [1.165, 1.54) is 6.20 Å².